The molecule has 2 rings (SSSR count). The average Bonchev–Trinajstić information content (AvgIpc) is 2.75. The van der Waals surface area contributed by atoms with Crippen LogP contribution in [0.4, 0.5) is 0 Å². The van der Waals surface area contributed by atoms with Crippen molar-refractivity contribution in [3.05, 3.63) is 16.5 Å². The van der Waals surface area contributed by atoms with Crippen LogP contribution in [-0.4, -0.2) is 32.4 Å². The van der Waals surface area contributed by atoms with Crippen LogP contribution in [0, 0.1) is 12.8 Å². The highest BCUT2D eigenvalue weighted by Crippen LogP contribution is 2.32. The first-order chi connectivity index (χ1) is 9.36. The monoisotopic (exact) mass is 316 g/mol. The van der Waals surface area contributed by atoms with Crippen molar-refractivity contribution >= 4 is 21.4 Å². The zero-order valence-corrected chi connectivity index (χ0v) is 14.3. The molecule has 1 N–H and O–H groups in total. The van der Waals surface area contributed by atoms with E-state index in [4.69, 9.17) is 0 Å². The molecule has 4 nitrogen and oxygen atoms in total. The van der Waals surface area contributed by atoms with Crippen LogP contribution in [0.3, 0.4) is 0 Å². The highest BCUT2D eigenvalue weighted by atomic mass is 32.2. The third-order valence-electron chi connectivity index (χ3n) is 3.96. The summed E-state index contributed by atoms with van der Waals surface area (Å²) in [7, 11) is -1.46. The Bertz CT molecular complexity index is 566. The maximum atomic E-state index is 12.8. The molecule has 0 aromatic carbocycles. The van der Waals surface area contributed by atoms with E-state index in [9.17, 15) is 8.42 Å². The Balaban J connectivity index is 2.31. The molecule has 1 aliphatic rings. The highest BCUT2D eigenvalue weighted by molar-refractivity contribution is 7.91. The van der Waals surface area contributed by atoms with Crippen molar-refractivity contribution in [3.8, 4) is 0 Å². The first-order valence-corrected chi connectivity index (χ1v) is 9.37. The van der Waals surface area contributed by atoms with Crippen LogP contribution in [0.15, 0.2) is 10.3 Å². The molecule has 0 radical (unpaired) electrons. The number of hydrogen-bond donors (Lipinski definition) is 1. The number of nitrogens with zero attached hydrogens (tertiary/aromatic N) is 1. The van der Waals surface area contributed by atoms with E-state index in [1.807, 2.05) is 27.0 Å². The number of hydrogen-bond acceptors (Lipinski definition) is 4. The lowest BCUT2D eigenvalue weighted by Gasteiger charge is -2.35. The molecule has 2 heterocycles. The zero-order chi connectivity index (χ0) is 14.9. The van der Waals surface area contributed by atoms with E-state index in [0.29, 0.717) is 16.7 Å². The minimum Gasteiger partial charge on any atom is -0.315 e. The fourth-order valence-corrected chi connectivity index (χ4v) is 6.16. The van der Waals surface area contributed by atoms with Gasteiger partial charge in [-0.15, -0.1) is 11.3 Å². The maximum absolute atomic E-state index is 12.8. The zero-order valence-electron chi connectivity index (χ0n) is 12.6. The van der Waals surface area contributed by atoms with Gasteiger partial charge in [0.05, 0.1) is 0 Å². The predicted octanol–water partition coefficient (Wildman–Crippen LogP) is 2.59. The van der Waals surface area contributed by atoms with Crippen molar-refractivity contribution in [2.45, 2.75) is 50.4 Å². The molecule has 20 heavy (non-hydrogen) atoms. The van der Waals surface area contributed by atoms with Gasteiger partial charge in [0.15, 0.2) is 0 Å². The minimum absolute atomic E-state index is 0.103. The maximum Gasteiger partial charge on any atom is 0.252 e. The smallest absolute Gasteiger partial charge is 0.252 e. The summed E-state index contributed by atoms with van der Waals surface area (Å²) in [6.07, 6.45) is 2.07. The summed E-state index contributed by atoms with van der Waals surface area (Å²) in [6, 6.07) is 1.92. The predicted molar refractivity (Wildman–Crippen MR) is 83.6 cm³/mol. The molecule has 0 amide bonds. The molecule has 0 saturated carbocycles. The third kappa shape index (κ3) is 3.08. The van der Waals surface area contributed by atoms with Gasteiger partial charge in [-0.25, -0.2) is 8.42 Å². The molecule has 2 unspecified atom stereocenters. The van der Waals surface area contributed by atoms with Crippen molar-refractivity contribution in [1.29, 1.82) is 0 Å². The Kier molecular flexibility index (Phi) is 4.89. The summed E-state index contributed by atoms with van der Waals surface area (Å²) in [6.45, 7) is 7.48. The van der Waals surface area contributed by atoms with Gasteiger partial charge in [0.2, 0.25) is 0 Å². The molecule has 2 atom stereocenters. The second-order valence-corrected chi connectivity index (χ2v) is 9.06. The molecular weight excluding hydrogens is 292 g/mol. The number of thiophene rings is 1. The number of nitrogens with one attached hydrogen (secondary N) is 1. The van der Waals surface area contributed by atoms with E-state index < -0.39 is 10.0 Å². The Morgan fingerprint density at radius 3 is 2.75 bits per heavy atom. The molecule has 0 bridgehead atoms. The van der Waals surface area contributed by atoms with Crippen LogP contribution in [0.1, 0.15) is 37.1 Å². The Morgan fingerprint density at radius 1 is 1.40 bits per heavy atom. The molecule has 1 aromatic rings. The average molecular weight is 316 g/mol. The highest BCUT2D eigenvalue weighted by Gasteiger charge is 2.34. The lowest BCUT2D eigenvalue weighted by Crippen LogP contribution is -2.44. The third-order valence-corrected chi connectivity index (χ3v) is 7.63. The fraction of sp³-hybridized carbons (Fsp3) is 0.714. The van der Waals surface area contributed by atoms with Crippen molar-refractivity contribution < 1.29 is 8.42 Å². The second kappa shape index (κ2) is 6.13. The molecule has 114 valence electrons. The van der Waals surface area contributed by atoms with Crippen molar-refractivity contribution in [1.82, 2.24) is 9.62 Å². The Hall–Kier alpha value is -0.430. The Morgan fingerprint density at radius 2 is 2.10 bits per heavy atom. The first kappa shape index (κ1) is 15.9. The van der Waals surface area contributed by atoms with Gasteiger partial charge in [-0.3, -0.25) is 0 Å². The topological polar surface area (TPSA) is 49.4 Å². The summed E-state index contributed by atoms with van der Waals surface area (Å²) in [5.74, 6) is 0.443. The number of rotatable bonds is 4. The lowest BCUT2D eigenvalue weighted by molar-refractivity contribution is 0.218. The minimum atomic E-state index is -3.34. The number of aryl methyl sites for hydroxylation is 1. The largest absolute Gasteiger partial charge is 0.315 e. The molecule has 6 heteroatoms. The quantitative estimate of drug-likeness (QED) is 0.929. The van der Waals surface area contributed by atoms with Crippen LogP contribution in [0.2, 0.25) is 0 Å². The summed E-state index contributed by atoms with van der Waals surface area (Å²) in [4.78, 5) is 1.10. The van der Waals surface area contributed by atoms with Gasteiger partial charge in [0.1, 0.15) is 4.21 Å². The summed E-state index contributed by atoms with van der Waals surface area (Å²) in [5.41, 5.74) is 1.06. The molecular formula is C14H24N2O2S2. The molecule has 1 aliphatic heterocycles. The van der Waals surface area contributed by atoms with Gasteiger partial charge in [0, 0.05) is 24.0 Å². The number of piperidine rings is 1. The summed E-state index contributed by atoms with van der Waals surface area (Å²) >= 11 is 1.40. The van der Waals surface area contributed by atoms with E-state index >= 15 is 0 Å². The normalized spacial score (nSPS) is 25.0. The van der Waals surface area contributed by atoms with Crippen LogP contribution in [-0.2, 0) is 16.6 Å². The van der Waals surface area contributed by atoms with E-state index in [2.05, 4.69) is 12.2 Å². The molecule has 1 saturated heterocycles. The van der Waals surface area contributed by atoms with E-state index in [0.717, 1.165) is 29.8 Å². The summed E-state index contributed by atoms with van der Waals surface area (Å²) in [5, 5.41) is 3.09. The summed E-state index contributed by atoms with van der Waals surface area (Å²) < 4.78 is 27.8. The lowest BCUT2D eigenvalue weighted by atomic mass is 9.97. The molecule has 1 fully saturated rings. The van der Waals surface area contributed by atoms with Crippen LogP contribution in [0.25, 0.3) is 0 Å². The van der Waals surface area contributed by atoms with Crippen LogP contribution in [0.5, 0.6) is 0 Å². The second-order valence-electron chi connectivity index (χ2n) is 5.81. The first-order valence-electron chi connectivity index (χ1n) is 7.12. The standard InChI is InChI=1S/C14H24N2O2S2/c1-10-5-6-12(3)16(9-10)20(17,18)14-7-11(2)13(19-14)8-15-4/h7,10,12,15H,5-6,8-9H2,1-4H3. The van der Waals surface area contributed by atoms with Gasteiger partial charge in [0.25, 0.3) is 10.0 Å². The van der Waals surface area contributed by atoms with E-state index in [1.54, 1.807) is 4.31 Å². The Labute approximate surface area is 126 Å². The molecule has 1 aromatic heterocycles. The van der Waals surface area contributed by atoms with Gasteiger partial charge >= 0.3 is 0 Å². The van der Waals surface area contributed by atoms with Crippen molar-refractivity contribution in [3.63, 3.8) is 0 Å². The van der Waals surface area contributed by atoms with E-state index in [1.165, 1.54) is 11.3 Å². The van der Waals surface area contributed by atoms with Crippen LogP contribution < -0.4 is 5.32 Å². The fourth-order valence-electron chi connectivity index (χ4n) is 2.65. The van der Waals surface area contributed by atoms with Gasteiger partial charge in [-0.1, -0.05) is 6.92 Å². The van der Waals surface area contributed by atoms with Crippen molar-refractivity contribution in [2.75, 3.05) is 13.6 Å². The van der Waals surface area contributed by atoms with E-state index in [-0.39, 0.29) is 6.04 Å². The van der Waals surface area contributed by atoms with Crippen molar-refractivity contribution in [2.24, 2.45) is 5.92 Å². The van der Waals surface area contributed by atoms with Gasteiger partial charge in [-0.05, 0) is 51.3 Å². The van der Waals surface area contributed by atoms with Crippen LogP contribution >= 0.6 is 11.3 Å². The number of sulfonamides is 1. The van der Waals surface area contributed by atoms with Gasteiger partial charge < -0.3 is 5.32 Å². The van der Waals surface area contributed by atoms with Gasteiger partial charge in [-0.2, -0.15) is 4.31 Å². The molecule has 0 spiro atoms. The SMILES string of the molecule is CNCc1sc(S(=O)(=O)N2CC(C)CCC2C)cc1C. The molecule has 0 aliphatic carbocycles.